The van der Waals surface area contributed by atoms with Gasteiger partial charge in [0, 0.05) is 13.2 Å². The van der Waals surface area contributed by atoms with E-state index in [-0.39, 0.29) is 5.97 Å². The molecule has 0 fully saturated rings. The lowest BCUT2D eigenvalue weighted by Gasteiger charge is -2.05. The van der Waals surface area contributed by atoms with Crippen molar-refractivity contribution >= 4 is 5.97 Å². The Bertz CT molecular complexity index is 129. The van der Waals surface area contributed by atoms with Crippen LogP contribution in [0.4, 0.5) is 0 Å². The van der Waals surface area contributed by atoms with Crippen LogP contribution in [0.2, 0.25) is 0 Å². The third kappa shape index (κ3) is 9.30. The molecule has 0 aromatic carbocycles. The highest BCUT2D eigenvalue weighted by Crippen LogP contribution is 1.82. The molecule has 0 saturated carbocycles. The summed E-state index contributed by atoms with van der Waals surface area (Å²) in [7, 11) is 1.40. The zero-order chi connectivity index (χ0) is 9.94. The molecule has 0 amide bonds. The Kier molecular flexibility index (Phi) is 9.03. The SMILES string of the molecule is CCCCNCNCCC(=O)OC. The fourth-order valence-corrected chi connectivity index (χ4v) is 0.859. The summed E-state index contributed by atoms with van der Waals surface area (Å²) in [6, 6.07) is 0. The summed E-state index contributed by atoms with van der Waals surface area (Å²) in [6.45, 7) is 4.62. The number of methoxy groups -OCH3 is 1. The van der Waals surface area contributed by atoms with E-state index in [1.54, 1.807) is 0 Å². The summed E-state index contributed by atoms with van der Waals surface area (Å²) in [6.07, 6.45) is 2.83. The minimum Gasteiger partial charge on any atom is -0.469 e. The van der Waals surface area contributed by atoms with E-state index in [1.807, 2.05) is 0 Å². The van der Waals surface area contributed by atoms with Crippen molar-refractivity contribution in [1.29, 1.82) is 0 Å². The number of hydrogen-bond donors (Lipinski definition) is 2. The molecule has 0 bridgehead atoms. The quantitative estimate of drug-likeness (QED) is 0.330. The Morgan fingerprint density at radius 3 is 2.62 bits per heavy atom. The lowest BCUT2D eigenvalue weighted by Crippen LogP contribution is -2.31. The topological polar surface area (TPSA) is 50.4 Å². The summed E-state index contributed by atoms with van der Waals surface area (Å²) in [4.78, 5) is 10.7. The fourth-order valence-electron chi connectivity index (χ4n) is 0.859. The number of nitrogens with one attached hydrogen (secondary N) is 2. The predicted octanol–water partition coefficient (Wildman–Crippen LogP) is 0.486. The van der Waals surface area contributed by atoms with Crippen molar-refractivity contribution < 1.29 is 9.53 Å². The second-order valence-electron chi connectivity index (χ2n) is 2.86. The molecule has 0 spiro atoms. The predicted molar refractivity (Wildman–Crippen MR) is 52.4 cm³/mol. The first-order valence-corrected chi connectivity index (χ1v) is 4.79. The second kappa shape index (κ2) is 9.48. The average molecular weight is 188 g/mol. The van der Waals surface area contributed by atoms with E-state index in [0.717, 1.165) is 13.2 Å². The van der Waals surface area contributed by atoms with E-state index >= 15 is 0 Å². The zero-order valence-electron chi connectivity index (χ0n) is 8.56. The van der Waals surface area contributed by atoms with Gasteiger partial charge in [0.1, 0.15) is 0 Å². The van der Waals surface area contributed by atoms with Crippen molar-refractivity contribution in [3.63, 3.8) is 0 Å². The van der Waals surface area contributed by atoms with Gasteiger partial charge in [0.05, 0.1) is 13.5 Å². The number of hydrogen-bond acceptors (Lipinski definition) is 4. The maximum atomic E-state index is 10.7. The molecule has 4 heteroatoms. The molecule has 0 aliphatic heterocycles. The van der Waals surface area contributed by atoms with Crippen LogP contribution in [0.5, 0.6) is 0 Å². The first kappa shape index (κ1) is 12.4. The summed E-state index contributed by atoms with van der Waals surface area (Å²) in [5, 5.41) is 6.31. The average Bonchev–Trinajstić information content (AvgIpc) is 2.16. The van der Waals surface area contributed by atoms with E-state index in [1.165, 1.54) is 20.0 Å². The van der Waals surface area contributed by atoms with E-state index in [0.29, 0.717) is 13.0 Å². The van der Waals surface area contributed by atoms with Gasteiger partial charge < -0.3 is 15.4 Å². The third-order valence-electron chi connectivity index (χ3n) is 1.69. The fraction of sp³-hybridized carbons (Fsp3) is 0.889. The summed E-state index contributed by atoms with van der Waals surface area (Å²) < 4.78 is 4.50. The lowest BCUT2D eigenvalue weighted by atomic mass is 10.3. The van der Waals surface area contributed by atoms with Crippen LogP contribution in [0.3, 0.4) is 0 Å². The van der Waals surface area contributed by atoms with E-state index in [2.05, 4.69) is 22.3 Å². The van der Waals surface area contributed by atoms with Gasteiger partial charge in [-0.25, -0.2) is 0 Å². The lowest BCUT2D eigenvalue weighted by molar-refractivity contribution is -0.140. The van der Waals surface area contributed by atoms with Crippen molar-refractivity contribution in [2.45, 2.75) is 26.2 Å². The monoisotopic (exact) mass is 188 g/mol. The molecular formula is C9H20N2O2. The molecule has 78 valence electrons. The highest BCUT2D eigenvalue weighted by molar-refractivity contribution is 5.69. The Hall–Kier alpha value is -0.610. The number of unbranched alkanes of at least 4 members (excludes halogenated alkanes) is 1. The molecule has 0 unspecified atom stereocenters. The summed E-state index contributed by atoms with van der Waals surface area (Å²) in [5.41, 5.74) is 0. The number of carbonyl (C=O) groups excluding carboxylic acids is 1. The molecule has 13 heavy (non-hydrogen) atoms. The molecule has 0 rings (SSSR count). The number of carbonyl (C=O) groups is 1. The van der Waals surface area contributed by atoms with Gasteiger partial charge in [-0.05, 0) is 13.0 Å². The highest BCUT2D eigenvalue weighted by Gasteiger charge is 1.97. The van der Waals surface area contributed by atoms with Crippen molar-refractivity contribution in [3.8, 4) is 0 Å². The van der Waals surface area contributed by atoms with E-state index < -0.39 is 0 Å². The van der Waals surface area contributed by atoms with Crippen molar-refractivity contribution in [1.82, 2.24) is 10.6 Å². The molecule has 2 N–H and O–H groups in total. The maximum absolute atomic E-state index is 10.7. The third-order valence-corrected chi connectivity index (χ3v) is 1.69. The van der Waals surface area contributed by atoms with E-state index in [4.69, 9.17) is 0 Å². The largest absolute Gasteiger partial charge is 0.469 e. The van der Waals surface area contributed by atoms with Gasteiger partial charge in [-0.2, -0.15) is 0 Å². The van der Waals surface area contributed by atoms with Gasteiger partial charge in [0.15, 0.2) is 0 Å². The molecule has 0 aliphatic rings. The van der Waals surface area contributed by atoms with Crippen LogP contribution < -0.4 is 10.6 Å². The Labute approximate surface area is 80.0 Å². The molecule has 0 heterocycles. The van der Waals surface area contributed by atoms with Crippen LogP contribution in [-0.2, 0) is 9.53 Å². The van der Waals surface area contributed by atoms with Crippen LogP contribution in [-0.4, -0.2) is 32.8 Å². The van der Waals surface area contributed by atoms with Crippen LogP contribution in [0.1, 0.15) is 26.2 Å². The van der Waals surface area contributed by atoms with E-state index in [9.17, 15) is 4.79 Å². The zero-order valence-corrected chi connectivity index (χ0v) is 8.56. The van der Waals surface area contributed by atoms with Crippen molar-refractivity contribution in [2.24, 2.45) is 0 Å². The second-order valence-corrected chi connectivity index (χ2v) is 2.86. The Morgan fingerprint density at radius 1 is 1.31 bits per heavy atom. The maximum Gasteiger partial charge on any atom is 0.306 e. The van der Waals surface area contributed by atoms with Gasteiger partial charge in [-0.1, -0.05) is 13.3 Å². The molecule has 0 aromatic rings. The summed E-state index contributed by atoms with van der Waals surface area (Å²) in [5.74, 6) is -0.166. The van der Waals surface area contributed by atoms with Crippen LogP contribution >= 0.6 is 0 Å². The highest BCUT2D eigenvalue weighted by atomic mass is 16.5. The first-order valence-electron chi connectivity index (χ1n) is 4.79. The minimum atomic E-state index is -0.166. The van der Waals surface area contributed by atoms with Crippen molar-refractivity contribution in [3.05, 3.63) is 0 Å². The standard InChI is InChI=1S/C9H20N2O2/c1-3-4-6-10-8-11-7-5-9(12)13-2/h10-11H,3-8H2,1-2H3. The molecule has 0 aromatic heterocycles. The number of rotatable bonds is 8. The number of ether oxygens (including phenoxy) is 1. The van der Waals surface area contributed by atoms with Gasteiger partial charge in [-0.15, -0.1) is 0 Å². The minimum absolute atomic E-state index is 0.166. The normalized spacial score (nSPS) is 10.0. The van der Waals surface area contributed by atoms with Crippen LogP contribution in [0, 0.1) is 0 Å². The molecule has 0 saturated heterocycles. The molecule has 0 aliphatic carbocycles. The Balaban J connectivity index is 2.95. The number of esters is 1. The smallest absolute Gasteiger partial charge is 0.306 e. The summed E-state index contributed by atoms with van der Waals surface area (Å²) >= 11 is 0. The first-order chi connectivity index (χ1) is 6.31. The van der Waals surface area contributed by atoms with Crippen molar-refractivity contribution in [2.75, 3.05) is 26.9 Å². The van der Waals surface area contributed by atoms with Gasteiger partial charge in [0.2, 0.25) is 0 Å². The van der Waals surface area contributed by atoms with Crippen LogP contribution in [0.25, 0.3) is 0 Å². The van der Waals surface area contributed by atoms with Crippen LogP contribution in [0.15, 0.2) is 0 Å². The molecular weight excluding hydrogens is 168 g/mol. The van der Waals surface area contributed by atoms with Gasteiger partial charge in [-0.3, -0.25) is 4.79 Å². The Morgan fingerprint density at radius 2 is 2.00 bits per heavy atom. The molecule has 0 radical (unpaired) electrons. The van der Waals surface area contributed by atoms with Gasteiger partial charge >= 0.3 is 5.97 Å². The molecule has 4 nitrogen and oxygen atoms in total. The van der Waals surface area contributed by atoms with Gasteiger partial charge in [0.25, 0.3) is 0 Å². The molecule has 0 atom stereocenters.